The molecule has 39 heavy (non-hydrogen) atoms. The predicted molar refractivity (Wildman–Crippen MR) is 139 cm³/mol. The van der Waals surface area contributed by atoms with E-state index in [9.17, 15) is 4.39 Å². The lowest BCUT2D eigenvalue weighted by Crippen LogP contribution is -2.28. The molecule has 6 rings (SSSR count). The number of alkyl halides is 2. The van der Waals surface area contributed by atoms with Gasteiger partial charge in [-0.1, -0.05) is 19.1 Å². The SMILES string of the molecule is CCCn1nccc1Nc1ncc(C)c(-c2cc3n(c2)C[C@H](C)n2c-3nnc2C(F)(F)c2ccccc2F)n1. The Morgan fingerprint density at radius 3 is 2.77 bits per heavy atom. The van der Waals surface area contributed by atoms with Crippen LogP contribution in [0, 0.1) is 12.7 Å². The van der Waals surface area contributed by atoms with E-state index in [4.69, 9.17) is 4.98 Å². The molecule has 0 aliphatic carbocycles. The summed E-state index contributed by atoms with van der Waals surface area (Å²) in [6.07, 6.45) is 6.32. The summed E-state index contributed by atoms with van der Waals surface area (Å²) < 4.78 is 50.6. The summed E-state index contributed by atoms with van der Waals surface area (Å²) >= 11 is 0. The topological polar surface area (TPSA) is 91.3 Å². The highest BCUT2D eigenvalue weighted by Gasteiger charge is 2.44. The molecule has 1 aromatic carbocycles. The number of aryl methyl sites for hydroxylation is 2. The van der Waals surface area contributed by atoms with Gasteiger partial charge in [0.05, 0.1) is 29.2 Å². The average Bonchev–Trinajstić information content (AvgIpc) is 3.64. The van der Waals surface area contributed by atoms with Crippen molar-refractivity contribution in [3.63, 3.8) is 0 Å². The summed E-state index contributed by atoms with van der Waals surface area (Å²) in [5.74, 6) is -3.74. The molecule has 5 heterocycles. The lowest BCUT2D eigenvalue weighted by molar-refractivity contribution is 0.0231. The molecule has 9 nitrogen and oxygen atoms in total. The van der Waals surface area contributed by atoms with E-state index in [1.165, 1.54) is 16.7 Å². The van der Waals surface area contributed by atoms with Gasteiger partial charge < -0.3 is 9.88 Å². The van der Waals surface area contributed by atoms with Crippen LogP contribution in [0.5, 0.6) is 0 Å². The van der Waals surface area contributed by atoms with Crippen LogP contribution in [-0.2, 0) is 19.0 Å². The van der Waals surface area contributed by atoms with Crippen molar-refractivity contribution in [1.29, 1.82) is 0 Å². The van der Waals surface area contributed by atoms with E-state index in [0.29, 0.717) is 29.7 Å². The Kier molecular flexibility index (Phi) is 5.96. The Bertz CT molecular complexity index is 1670. The second kappa shape index (κ2) is 9.37. The first kappa shape index (κ1) is 24.8. The normalized spacial score (nSPS) is 14.8. The van der Waals surface area contributed by atoms with Crippen molar-refractivity contribution in [2.24, 2.45) is 0 Å². The van der Waals surface area contributed by atoms with Crippen molar-refractivity contribution in [1.82, 2.24) is 39.1 Å². The molecule has 1 aliphatic heterocycles. The zero-order valence-electron chi connectivity index (χ0n) is 21.6. The van der Waals surface area contributed by atoms with Gasteiger partial charge in [-0.3, -0.25) is 4.57 Å². The van der Waals surface area contributed by atoms with Gasteiger partial charge in [-0.15, -0.1) is 10.2 Å². The summed E-state index contributed by atoms with van der Waals surface area (Å²) in [7, 11) is 0. The molecule has 1 aliphatic rings. The second-order valence-electron chi connectivity index (χ2n) is 9.68. The van der Waals surface area contributed by atoms with Crippen molar-refractivity contribution < 1.29 is 13.2 Å². The van der Waals surface area contributed by atoms with Gasteiger partial charge in [-0.2, -0.15) is 13.9 Å². The molecule has 12 heteroatoms. The summed E-state index contributed by atoms with van der Waals surface area (Å²) in [6.45, 7) is 6.97. The van der Waals surface area contributed by atoms with Crippen LogP contribution in [0.1, 0.15) is 43.3 Å². The highest BCUT2D eigenvalue weighted by molar-refractivity contribution is 5.71. The number of benzene rings is 1. The van der Waals surface area contributed by atoms with E-state index in [1.807, 2.05) is 41.4 Å². The van der Waals surface area contributed by atoms with Gasteiger partial charge in [0.2, 0.25) is 11.8 Å². The first-order valence-electron chi connectivity index (χ1n) is 12.7. The van der Waals surface area contributed by atoms with Crippen LogP contribution in [0.2, 0.25) is 0 Å². The maximum atomic E-state index is 15.5. The smallest absolute Gasteiger partial charge is 0.334 e. The zero-order chi connectivity index (χ0) is 27.3. The molecule has 1 atom stereocenters. The van der Waals surface area contributed by atoms with Crippen LogP contribution in [0.4, 0.5) is 24.9 Å². The number of nitrogens with one attached hydrogen (secondary N) is 1. The third-order valence-corrected chi connectivity index (χ3v) is 6.85. The van der Waals surface area contributed by atoms with E-state index in [-0.39, 0.29) is 0 Å². The minimum Gasteiger partial charge on any atom is -0.342 e. The maximum Gasteiger partial charge on any atom is 0.334 e. The molecule has 0 saturated carbocycles. The fourth-order valence-electron chi connectivity index (χ4n) is 5.02. The zero-order valence-corrected chi connectivity index (χ0v) is 21.6. The molecule has 0 radical (unpaired) electrons. The Hall–Kier alpha value is -4.48. The van der Waals surface area contributed by atoms with E-state index in [1.54, 1.807) is 12.4 Å². The maximum absolute atomic E-state index is 15.5. The standard InChI is InChI=1S/C27H26F3N9/c1-4-11-38-22(9-10-32-38)33-26-31-13-16(2)23(34-26)18-12-21-24-35-36-25(39(24)17(3)14-37(21)15-18)27(29,30)19-7-5-6-8-20(19)28/h5-10,12-13,15,17H,4,11,14H2,1-3H3,(H,31,33,34)/t17-/m0/s1. The molecule has 0 fully saturated rings. The van der Waals surface area contributed by atoms with Gasteiger partial charge in [0.15, 0.2) is 5.82 Å². The highest BCUT2D eigenvalue weighted by Crippen LogP contribution is 2.42. The molecule has 0 amide bonds. The fraction of sp³-hybridized carbons (Fsp3) is 0.296. The molecule has 1 N–H and O–H groups in total. The number of hydrogen-bond donors (Lipinski definition) is 1. The first-order valence-corrected chi connectivity index (χ1v) is 12.7. The monoisotopic (exact) mass is 533 g/mol. The highest BCUT2D eigenvalue weighted by atomic mass is 19.3. The van der Waals surface area contributed by atoms with Gasteiger partial charge in [-0.05, 0) is 44.0 Å². The number of rotatable bonds is 7. The third-order valence-electron chi connectivity index (χ3n) is 6.85. The largest absolute Gasteiger partial charge is 0.342 e. The van der Waals surface area contributed by atoms with Crippen LogP contribution in [0.15, 0.2) is 55.0 Å². The van der Waals surface area contributed by atoms with Gasteiger partial charge in [-0.25, -0.2) is 19.0 Å². The van der Waals surface area contributed by atoms with Crippen molar-refractivity contribution in [2.75, 3.05) is 5.32 Å². The first-order chi connectivity index (χ1) is 18.8. The molecule has 0 bridgehead atoms. The molecule has 0 unspecified atom stereocenters. The lowest BCUT2D eigenvalue weighted by Gasteiger charge is -2.27. The Balaban J connectivity index is 1.37. The Morgan fingerprint density at radius 1 is 1.15 bits per heavy atom. The molecular formula is C27H26F3N9. The van der Waals surface area contributed by atoms with Crippen molar-refractivity contribution in [3.05, 3.63) is 77.8 Å². The number of anilines is 2. The average molecular weight is 534 g/mol. The van der Waals surface area contributed by atoms with Crippen LogP contribution < -0.4 is 5.32 Å². The van der Waals surface area contributed by atoms with E-state index < -0.39 is 29.2 Å². The van der Waals surface area contributed by atoms with E-state index in [2.05, 4.69) is 32.5 Å². The van der Waals surface area contributed by atoms with Gasteiger partial charge in [0.1, 0.15) is 11.6 Å². The van der Waals surface area contributed by atoms with Crippen molar-refractivity contribution in [3.8, 4) is 22.8 Å². The number of aromatic nitrogens is 8. The Labute approximate surface area is 222 Å². The van der Waals surface area contributed by atoms with Crippen LogP contribution in [-0.4, -0.2) is 39.1 Å². The minimum absolute atomic E-state index is 0.291. The predicted octanol–water partition coefficient (Wildman–Crippen LogP) is 5.72. The fourth-order valence-corrected chi connectivity index (χ4v) is 5.02. The molecular weight excluding hydrogens is 507 g/mol. The van der Waals surface area contributed by atoms with Crippen LogP contribution in [0.25, 0.3) is 22.8 Å². The molecule has 0 spiro atoms. The number of fused-ring (bicyclic) bond motifs is 3. The van der Waals surface area contributed by atoms with Gasteiger partial charge in [0.25, 0.3) is 0 Å². The quantitative estimate of drug-likeness (QED) is 0.288. The minimum atomic E-state index is -3.66. The van der Waals surface area contributed by atoms with Crippen LogP contribution >= 0.6 is 0 Å². The van der Waals surface area contributed by atoms with Gasteiger partial charge >= 0.3 is 5.92 Å². The summed E-state index contributed by atoms with van der Waals surface area (Å²) in [6, 6.07) is 8.17. The second-order valence-corrected chi connectivity index (χ2v) is 9.68. The van der Waals surface area contributed by atoms with E-state index in [0.717, 1.165) is 42.0 Å². The van der Waals surface area contributed by atoms with Crippen molar-refractivity contribution in [2.45, 2.75) is 52.2 Å². The number of nitrogens with zero attached hydrogens (tertiary/aromatic N) is 8. The molecule has 200 valence electrons. The van der Waals surface area contributed by atoms with Crippen LogP contribution in [0.3, 0.4) is 0 Å². The number of halogens is 3. The Morgan fingerprint density at radius 2 is 1.97 bits per heavy atom. The van der Waals surface area contributed by atoms with E-state index >= 15 is 8.78 Å². The van der Waals surface area contributed by atoms with Crippen molar-refractivity contribution >= 4 is 11.8 Å². The summed E-state index contributed by atoms with van der Waals surface area (Å²) in [4.78, 5) is 9.18. The summed E-state index contributed by atoms with van der Waals surface area (Å²) in [5.41, 5.74) is 2.24. The molecule has 4 aromatic heterocycles. The number of hydrogen-bond acceptors (Lipinski definition) is 6. The van der Waals surface area contributed by atoms with Gasteiger partial charge in [0, 0.05) is 37.1 Å². The lowest BCUT2D eigenvalue weighted by atomic mass is 10.1. The molecule has 0 saturated heterocycles. The molecule has 5 aromatic rings. The summed E-state index contributed by atoms with van der Waals surface area (Å²) in [5, 5.41) is 15.5. The third kappa shape index (κ3) is 4.16.